The summed E-state index contributed by atoms with van der Waals surface area (Å²) in [5.41, 5.74) is 4.15. The van der Waals surface area contributed by atoms with Crippen molar-refractivity contribution in [2.45, 2.75) is 18.9 Å². The molecule has 0 saturated heterocycles. The summed E-state index contributed by atoms with van der Waals surface area (Å²) in [4.78, 5) is 25.3. The predicted molar refractivity (Wildman–Crippen MR) is 152 cm³/mol. The number of rotatable bonds is 10. The van der Waals surface area contributed by atoms with Gasteiger partial charge in [-0.1, -0.05) is 109 Å². The van der Waals surface area contributed by atoms with Crippen LogP contribution >= 0.6 is 0 Å². The fourth-order valence-electron chi connectivity index (χ4n) is 3.84. The van der Waals surface area contributed by atoms with Gasteiger partial charge in [-0.05, 0) is 43.8 Å². The van der Waals surface area contributed by atoms with Crippen molar-refractivity contribution in [1.29, 1.82) is 0 Å². The van der Waals surface area contributed by atoms with Crippen molar-refractivity contribution in [2.75, 3.05) is 27.2 Å². The quantitative estimate of drug-likeness (QED) is 0.249. The third kappa shape index (κ3) is 8.51. The van der Waals surface area contributed by atoms with E-state index in [-0.39, 0.29) is 11.9 Å². The van der Waals surface area contributed by atoms with Gasteiger partial charge in [0.25, 0.3) is 0 Å². The fraction of sp³-hybridized carbons (Fsp3) is 0.212. The third-order valence-corrected chi connectivity index (χ3v) is 6.08. The molecule has 0 aromatic heterocycles. The van der Waals surface area contributed by atoms with E-state index in [2.05, 4.69) is 67.5 Å². The van der Waals surface area contributed by atoms with Crippen LogP contribution in [-0.2, 0) is 9.53 Å². The highest BCUT2D eigenvalue weighted by Crippen LogP contribution is 2.25. The maximum atomic E-state index is 12.2. The van der Waals surface area contributed by atoms with Crippen LogP contribution in [0.1, 0.15) is 51.6 Å². The lowest BCUT2D eigenvalue weighted by atomic mass is 9.96. The van der Waals surface area contributed by atoms with Crippen LogP contribution in [0.2, 0.25) is 0 Å². The Morgan fingerprint density at radius 1 is 0.711 bits per heavy atom. The summed E-state index contributed by atoms with van der Waals surface area (Å²) in [5.74, 6) is -1.62. The minimum Gasteiger partial charge on any atom is -0.481 e. The summed E-state index contributed by atoms with van der Waals surface area (Å²) < 4.78 is 6.08. The Balaban J connectivity index is 0.000000211. The van der Waals surface area contributed by atoms with E-state index in [4.69, 9.17) is 9.84 Å². The molecule has 5 nitrogen and oxygen atoms in total. The van der Waals surface area contributed by atoms with Gasteiger partial charge < -0.3 is 14.7 Å². The van der Waals surface area contributed by atoms with Crippen molar-refractivity contribution < 1.29 is 19.4 Å². The van der Waals surface area contributed by atoms with E-state index in [1.165, 1.54) is 11.1 Å². The molecule has 1 N–H and O–H groups in total. The summed E-state index contributed by atoms with van der Waals surface area (Å²) >= 11 is 0. The molecular weight excluding hydrogens is 474 g/mol. The van der Waals surface area contributed by atoms with E-state index in [9.17, 15) is 9.59 Å². The van der Waals surface area contributed by atoms with Gasteiger partial charge >= 0.3 is 5.97 Å². The Morgan fingerprint density at radius 3 is 1.68 bits per heavy atom. The molecule has 1 unspecified atom stereocenters. The van der Waals surface area contributed by atoms with E-state index < -0.39 is 11.9 Å². The zero-order chi connectivity index (χ0) is 27.3. The predicted octanol–water partition coefficient (Wildman–Crippen LogP) is 6.46. The molecule has 4 aromatic rings. The number of carboxylic acids is 1. The van der Waals surface area contributed by atoms with Crippen LogP contribution in [0.25, 0.3) is 0 Å². The van der Waals surface area contributed by atoms with Crippen LogP contribution in [0.5, 0.6) is 0 Å². The Labute approximate surface area is 225 Å². The first-order valence-corrected chi connectivity index (χ1v) is 12.7. The molecule has 0 aliphatic carbocycles. The molecule has 0 aliphatic heterocycles. The molecule has 1 atom stereocenters. The molecule has 4 aromatic carbocycles. The summed E-state index contributed by atoms with van der Waals surface area (Å²) in [6.45, 7) is 3.26. The number of ketones is 1. The summed E-state index contributed by atoms with van der Waals surface area (Å²) in [6.07, 6.45) is 0.0161. The van der Waals surface area contributed by atoms with Crippen LogP contribution < -0.4 is 0 Å². The zero-order valence-electron chi connectivity index (χ0n) is 22.2. The lowest BCUT2D eigenvalue weighted by Crippen LogP contribution is -2.20. The smallest absolute Gasteiger partial charge is 0.310 e. The number of carbonyl (C=O) groups excluding carboxylic acids is 1. The molecule has 38 heavy (non-hydrogen) atoms. The number of ether oxygens (including phenoxy) is 1. The van der Waals surface area contributed by atoms with Crippen LogP contribution in [-0.4, -0.2) is 49.0 Å². The minimum absolute atomic E-state index is 0.0161. The average Bonchev–Trinajstić information content (AvgIpc) is 2.96. The van der Waals surface area contributed by atoms with Gasteiger partial charge in [-0.3, -0.25) is 9.59 Å². The van der Waals surface area contributed by atoms with E-state index >= 15 is 0 Å². The number of nitrogens with zero attached hydrogens (tertiary/aromatic N) is 1. The van der Waals surface area contributed by atoms with Gasteiger partial charge in [0.1, 0.15) is 6.10 Å². The largest absolute Gasteiger partial charge is 0.481 e. The van der Waals surface area contributed by atoms with Crippen LogP contribution in [0.3, 0.4) is 0 Å². The first-order chi connectivity index (χ1) is 18.4. The number of likely N-dealkylation sites (N-methyl/N-ethyl adjacent to an activating group) is 1. The first-order valence-electron chi connectivity index (χ1n) is 12.7. The first kappa shape index (κ1) is 28.5. The molecule has 5 heteroatoms. The number of carboxylic acid groups (broad SMARTS) is 1. The Bertz CT molecular complexity index is 1230. The summed E-state index contributed by atoms with van der Waals surface area (Å²) in [7, 11) is 4.12. The van der Waals surface area contributed by atoms with E-state index in [1.807, 2.05) is 18.2 Å². The fourth-order valence-corrected chi connectivity index (χ4v) is 3.84. The van der Waals surface area contributed by atoms with Gasteiger partial charge in [0, 0.05) is 17.7 Å². The highest BCUT2D eigenvalue weighted by molar-refractivity contribution is 6.09. The monoisotopic (exact) mass is 509 g/mol. The maximum absolute atomic E-state index is 12.2. The molecule has 4 rings (SSSR count). The van der Waals surface area contributed by atoms with Crippen molar-refractivity contribution in [3.63, 3.8) is 0 Å². The molecule has 0 bridgehead atoms. The highest BCUT2D eigenvalue weighted by Gasteiger charge is 2.16. The number of hydrogen-bond acceptors (Lipinski definition) is 4. The van der Waals surface area contributed by atoms with Crippen LogP contribution in [0, 0.1) is 0 Å². The van der Waals surface area contributed by atoms with Crippen molar-refractivity contribution in [3.8, 4) is 0 Å². The molecule has 0 aliphatic rings. The number of hydrogen-bond donors (Lipinski definition) is 1. The topological polar surface area (TPSA) is 66.8 Å². The van der Waals surface area contributed by atoms with Gasteiger partial charge in [-0.2, -0.15) is 0 Å². The molecule has 0 radical (unpaired) electrons. The minimum atomic E-state index is -0.899. The van der Waals surface area contributed by atoms with Crippen LogP contribution in [0.15, 0.2) is 115 Å². The molecular formula is C33H35NO4. The second-order valence-electron chi connectivity index (χ2n) is 9.26. The van der Waals surface area contributed by atoms with Gasteiger partial charge in [0.05, 0.1) is 12.5 Å². The number of carbonyl (C=O) groups is 2. The lowest BCUT2D eigenvalue weighted by Gasteiger charge is -2.20. The lowest BCUT2D eigenvalue weighted by molar-refractivity contribution is -0.138. The normalized spacial score (nSPS) is 11.5. The third-order valence-electron chi connectivity index (χ3n) is 6.08. The molecule has 0 spiro atoms. The van der Waals surface area contributed by atoms with Gasteiger partial charge in [-0.25, -0.2) is 0 Å². The van der Waals surface area contributed by atoms with Crippen molar-refractivity contribution >= 4 is 11.8 Å². The zero-order valence-corrected chi connectivity index (χ0v) is 22.2. The highest BCUT2D eigenvalue weighted by atomic mass is 16.5. The Kier molecular flexibility index (Phi) is 11.0. The van der Waals surface area contributed by atoms with Crippen molar-refractivity contribution in [1.82, 2.24) is 4.90 Å². The van der Waals surface area contributed by atoms with E-state index in [0.29, 0.717) is 16.7 Å². The SMILES string of the molecule is CC(C(=O)O)c1cccc(C(=O)c2ccccc2)c1.CN(C)CCOC(c1ccccc1)c1ccccc1. The van der Waals surface area contributed by atoms with E-state index in [1.54, 1.807) is 55.5 Å². The summed E-state index contributed by atoms with van der Waals surface area (Å²) in [5, 5.41) is 9.00. The summed E-state index contributed by atoms with van der Waals surface area (Å²) in [6, 6.07) is 36.5. The number of benzene rings is 4. The van der Waals surface area contributed by atoms with Gasteiger partial charge in [0.2, 0.25) is 0 Å². The van der Waals surface area contributed by atoms with Crippen LogP contribution in [0.4, 0.5) is 0 Å². The molecule has 0 heterocycles. The standard InChI is InChI=1S/C17H21NO.C16H14O3/c1-18(2)13-14-19-17(15-9-5-3-6-10-15)16-11-7-4-8-12-16;1-11(16(18)19)13-8-5-9-14(10-13)15(17)12-6-3-2-4-7-12/h3-12,17H,13-14H2,1-2H3;2-11H,1H3,(H,18,19). The van der Waals surface area contributed by atoms with Gasteiger partial charge in [-0.15, -0.1) is 0 Å². The van der Waals surface area contributed by atoms with E-state index in [0.717, 1.165) is 13.2 Å². The second-order valence-corrected chi connectivity index (χ2v) is 9.26. The Hall–Kier alpha value is -4.06. The molecule has 196 valence electrons. The van der Waals surface area contributed by atoms with Crippen molar-refractivity contribution in [2.24, 2.45) is 0 Å². The molecule has 0 saturated carbocycles. The molecule has 0 amide bonds. The average molecular weight is 510 g/mol. The number of aliphatic carboxylic acids is 1. The van der Waals surface area contributed by atoms with Crippen molar-refractivity contribution in [3.05, 3.63) is 143 Å². The maximum Gasteiger partial charge on any atom is 0.310 e. The molecule has 0 fully saturated rings. The Morgan fingerprint density at radius 2 is 1.18 bits per heavy atom. The second kappa shape index (κ2) is 14.6. The van der Waals surface area contributed by atoms with Gasteiger partial charge in [0.15, 0.2) is 5.78 Å².